The Hall–Kier alpha value is -2.86. The van der Waals surface area contributed by atoms with Gasteiger partial charge in [0.05, 0.1) is 36.9 Å². The van der Waals surface area contributed by atoms with Crippen molar-refractivity contribution in [3.05, 3.63) is 60.8 Å². The van der Waals surface area contributed by atoms with Gasteiger partial charge in [-0.25, -0.2) is 4.57 Å². The number of fused-ring (bicyclic) bond motifs is 4. The van der Waals surface area contributed by atoms with Crippen molar-refractivity contribution < 1.29 is 78.1 Å². The third-order valence-electron chi connectivity index (χ3n) is 11.2. The molecule has 1 saturated carbocycles. The minimum Gasteiger partial charge on any atom is -0.462 e. The van der Waals surface area contributed by atoms with Crippen LogP contribution in [0.25, 0.3) is 0 Å². The first kappa shape index (κ1) is 57.3. The molecular weight excluding hydrogens is 851 g/mol. The molecule has 0 saturated heterocycles. The van der Waals surface area contributed by atoms with Crippen molar-refractivity contribution in [1.82, 2.24) is 0 Å². The molecule has 0 amide bonds. The van der Waals surface area contributed by atoms with E-state index in [-0.39, 0.29) is 25.7 Å². The molecular formula is C47H77O16P. The average Bonchev–Trinajstić information content (AvgIpc) is 3.26. The maximum Gasteiger partial charge on any atom is 0.472 e. The van der Waals surface area contributed by atoms with Gasteiger partial charge in [-0.3, -0.25) is 23.4 Å². The predicted molar refractivity (Wildman–Crippen MR) is 240 cm³/mol. The van der Waals surface area contributed by atoms with Crippen LogP contribution in [0.4, 0.5) is 0 Å². The molecule has 8 N–H and O–H groups in total. The van der Waals surface area contributed by atoms with Gasteiger partial charge in [0.15, 0.2) is 6.10 Å². The van der Waals surface area contributed by atoms with Crippen molar-refractivity contribution in [2.45, 2.75) is 191 Å². The monoisotopic (exact) mass is 928 g/mol. The number of hydrogen-bond acceptors (Lipinski definition) is 15. The second kappa shape index (κ2) is 32.8. The molecule has 16 nitrogen and oxygen atoms in total. The maximum absolute atomic E-state index is 13.7. The molecule has 0 aromatic rings. The van der Waals surface area contributed by atoms with E-state index in [1.54, 1.807) is 12.2 Å². The lowest BCUT2D eigenvalue weighted by molar-refractivity contribution is -0.166. The highest BCUT2D eigenvalue weighted by Gasteiger charge is 2.49. The van der Waals surface area contributed by atoms with Crippen molar-refractivity contribution in [2.75, 3.05) is 13.2 Å². The first-order valence-corrected chi connectivity index (χ1v) is 24.7. The standard InChI is InChI=1S/C47H77O16P/c1-3-5-7-8-9-10-11-12-13-14-15-16-17-18-23-27-40(51)60-32-35-33-61-64(58,59)63-47-45(56)43(54)37(30-29-34(48)25-21-6-4-2)39(50)31-38(49)36(42(53)44(55)46(47)57)26-22-19-20-24-28-41(52)62-35/h5,7,9-10,12-13,19,22,29-30,34-38,42-49,53-57H,3-4,6,8,11,14-18,20-21,23-28,31-33H2,1-2H3,(H,58,59)/b7-5-,10-9-,13-12-,22-19-,30-29+/t34-,35+,36-,37-,38-,42+,43+,44-,45+,46+,47+/m0/s1. The van der Waals surface area contributed by atoms with Crippen LogP contribution < -0.4 is 0 Å². The summed E-state index contributed by atoms with van der Waals surface area (Å²) in [4.78, 5) is 50.0. The zero-order chi connectivity index (χ0) is 47.3. The van der Waals surface area contributed by atoms with E-state index in [2.05, 4.69) is 43.4 Å². The second-order valence-electron chi connectivity index (χ2n) is 16.7. The second-order valence-corrected chi connectivity index (χ2v) is 18.1. The van der Waals surface area contributed by atoms with Crippen molar-refractivity contribution in [3.63, 3.8) is 0 Å². The number of ketones is 1. The van der Waals surface area contributed by atoms with Gasteiger partial charge in [0.25, 0.3) is 0 Å². The van der Waals surface area contributed by atoms with E-state index in [0.29, 0.717) is 25.7 Å². The number of esters is 2. The number of ether oxygens (including phenoxy) is 2. The number of carbonyl (C=O) groups excluding carboxylic acids is 3. The topological polar surface area (TPSA) is 267 Å². The highest BCUT2D eigenvalue weighted by atomic mass is 31.2. The Morgan fingerprint density at radius 2 is 1.52 bits per heavy atom. The summed E-state index contributed by atoms with van der Waals surface area (Å²) in [6.45, 7) is 2.65. The molecule has 2 rings (SSSR count). The first-order valence-electron chi connectivity index (χ1n) is 23.2. The quantitative estimate of drug-likeness (QED) is 0.0304. The van der Waals surface area contributed by atoms with Crippen molar-refractivity contribution in [3.8, 4) is 0 Å². The number of cyclic esters (lactones) is 1. The molecule has 0 radical (unpaired) electrons. The number of carbonyl (C=O) groups is 3. The minimum atomic E-state index is -5.46. The number of unbranched alkanes of at least 4 members (excludes halogenated alkanes) is 7. The molecule has 1 fully saturated rings. The maximum atomic E-state index is 13.7. The van der Waals surface area contributed by atoms with Crippen LogP contribution in [0.2, 0.25) is 0 Å². The Bertz CT molecular complexity index is 1530. The fourth-order valence-corrected chi connectivity index (χ4v) is 8.34. The Labute approximate surface area is 379 Å². The summed E-state index contributed by atoms with van der Waals surface area (Å²) in [5.41, 5.74) is 0. The number of aliphatic hydroxyl groups excluding tert-OH is 7. The number of phosphoric ester groups is 1. The van der Waals surface area contributed by atoms with E-state index in [4.69, 9.17) is 18.5 Å². The summed E-state index contributed by atoms with van der Waals surface area (Å²) in [7, 11) is -5.46. The van der Waals surface area contributed by atoms with Crippen LogP contribution in [0.1, 0.15) is 136 Å². The Morgan fingerprint density at radius 3 is 2.23 bits per heavy atom. The van der Waals surface area contributed by atoms with Crippen LogP contribution in [-0.4, -0.2) is 127 Å². The van der Waals surface area contributed by atoms with Gasteiger partial charge in [-0.05, 0) is 64.2 Å². The predicted octanol–water partition coefficient (Wildman–Crippen LogP) is 5.53. The van der Waals surface area contributed by atoms with Crippen LogP contribution in [0.5, 0.6) is 0 Å². The van der Waals surface area contributed by atoms with Crippen LogP contribution in [-0.2, 0) is 37.5 Å². The number of phosphoric acid groups is 1. The minimum absolute atomic E-state index is 0.0808. The molecule has 64 heavy (non-hydrogen) atoms. The van der Waals surface area contributed by atoms with Gasteiger partial charge in [0.2, 0.25) is 0 Å². The molecule has 1 heterocycles. The molecule has 0 aromatic carbocycles. The van der Waals surface area contributed by atoms with Gasteiger partial charge in [0, 0.05) is 25.2 Å². The zero-order valence-corrected chi connectivity index (χ0v) is 38.7. The molecule has 0 spiro atoms. The summed E-state index contributed by atoms with van der Waals surface area (Å²) in [6, 6.07) is 0. The lowest BCUT2D eigenvalue weighted by Gasteiger charge is -2.36. The third kappa shape index (κ3) is 23.0. The molecule has 1 unspecified atom stereocenters. The lowest BCUT2D eigenvalue weighted by atomic mass is 9.83. The summed E-state index contributed by atoms with van der Waals surface area (Å²) in [6.07, 6.45) is 11.1. The molecule has 0 aromatic heterocycles. The van der Waals surface area contributed by atoms with E-state index in [1.807, 2.05) is 6.92 Å². The Balaban J connectivity index is 2.17. The fourth-order valence-electron chi connectivity index (χ4n) is 7.36. The number of Topliss-reactive ketones (excluding diaryl/α,β-unsaturated/α-hetero) is 1. The molecule has 1 aliphatic heterocycles. The van der Waals surface area contributed by atoms with Gasteiger partial charge in [0.1, 0.15) is 36.8 Å². The summed E-state index contributed by atoms with van der Waals surface area (Å²) >= 11 is 0. The molecule has 12 atom stereocenters. The summed E-state index contributed by atoms with van der Waals surface area (Å²) in [5.74, 6) is -5.16. The van der Waals surface area contributed by atoms with Gasteiger partial charge in [-0.1, -0.05) is 113 Å². The van der Waals surface area contributed by atoms with Crippen LogP contribution >= 0.6 is 7.82 Å². The van der Waals surface area contributed by atoms with Gasteiger partial charge >= 0.3 is 19.8 Å². The highest BCUT2D eigenvalue weighted by molar-refractivity contribution is 7.47. The van der Waals surface area contributed by atoms with Gasteiger partial charge < -0.3 is 50.1 Å². The first-order chi connectivity index (χ1) is 30.6. The van der Waals surface area contributed by atoms with Gasteiger partial charge in [-0.15, -0.1) is 0 Å². The summed E-state index contributed by atoms with van der Waals surface area (Å²) in [5, 5.41) is 78.3. The lowest BCUT2D eigenvalue weighted by Crippen LogP contribution is -2.55. The van der Waals surface area contributed by atoms with E-state index in [9.17, 15) is 59.6 Å². The third-order valence-corrected chi connectivity index (χ3v) is 12.2. The van der Waals surface area contributed by atoms with Crippen molar-refractivity contribution in [1.29, 1.82) is 0 Å². The Kier molecular flexibility index (Phi) is 29.3. The smallest absolute Gasteiger partial charge is 0.462 e. The molecule has 17 heteroatoms. The molecule has 2 aliphatic rings. The number of hydrogen-bond donors (Lipinski definition) is 8. The van der Waals surface area contributed by atoms with Crippen LogP contribution in [0.3, 0.4) is 0 Å². The van der Waals surface area contributed by atoms with E-state index in [1.165, 1.54) is 6.08 Å². The van der Waals surface area contributed by atoms with Crippen LogP contribution in [0, 0.1) is 11.8 Å². The van der Waals surface area contributed by atoms with E-state index >= 15 is 0 Å². The number of rotatable bonds is 21. The number of aliphatic hydroxyl groups is 7. The normalized spacial score (nSPS) is 31.9. The fraction of sp³-hybridized carbons (Fsp3) is 0.723. The van der Waals surface area contributed by atoms with E-state index in [0.717, 1.165) is 70.3 Å². The molecule has 2 bridgehead atoms. The zero-order valence-electron chi connectivity index (χ0n) is 37.8. The molecule has 1 aliphatic carbocycles. The van der Waals surface area contributed by atoms with E-state index < -0.39 is 112 Å². The van der Waals surface area contributed by atoms with Crippen LogP contribution in [0.15, 0.2) is 60.8 Å². The summed E-state index contributed by atoms with van der Waals surface area (Å²) < 4.78 is 34.5. The van der Waals surface area contributed by atoms with Crippen molar-refractivity contribution >= 4 is 25.5 Å². The Morgan fingerprint density at radius 1 is 0.844 bits per heavy atom. The highest BCUT2D eigenvalue weighted by Crippen LogP contribution is 2.47. The largest absolute Gasteiger partial charge is 0.472 e. The SMILES string of the molecule is CC/C=C\C/C=C\C/C=C\CCCCCCCC(=O)OC[C@@H]1COP(=O)(O)O[C@H]2[C@H](O)[C@@H](O)[C@H](O)[C@@H](C/C=C\CCCC(=O)O1)[C@@H](O)CC(=O)[C@H](/C=C/[C@@H](O)CCCCC)[C@@H](O)[C@H]2O. The van der Waals surface area contributed by atoms with Crippen molar-refractivity contribution in [2.24, 2.45) is 11.8 Å². The van der Waals surface area contributed by atoms with Gasteiger partial charge in [-0.2, -0.15) is 0 Å². The average molecular weight is 929 g/mol. The number of allylic oxidation sites excluding steroid dienone is 8. The molecule has 366 valence electrons.